The molecule has 0 saturated carbocycles. The lowest BCUT2D eigenvalue weighted by Crippen LogP contribution is -2.10. The van der Waals surface area contributed by atoms with Crippen LogP contribution in [0.5, 0.6) is 0 Å². The summed E-state index contributed by atoms with van der Waals surface area (Å²) in [7, 11) is 0. The van der Waals surface area contributed by atoms with Gasteiger partial charge in [-0.2, -0.15) is 4.98 Å². The molecule has 2 heterocycles. The third-order valence-electron chi connectivity index (χ3n) is 1.81. The summed E-state index contributed by atoms with van der Waals surface area (Å²) in [6.45, 7) is 1.00. The maximum absolute atomic E-state index is 5.19. The number of imidazole rings is 1. The second kappa shape index (κ2) is 2.43. The van der Waals surface area contributed by atoms with Gasteiger partial charge in [0.05, 0.1) is 5.69 Å². The second-order valence-electron chi connectivity index (χ2n) is 2.59. The zero-order valence-electron chi connectivity index (χ0n) is 6.15. The van der Waals surface area contributed by atoms with Crippen LogP contribution in [0.25, 0.3) is 0 Å². The van der Waals surface area contributed by atoms with Crippen LogP contribution < -0.4 is 16.6 Å². The first-order chi connectivity index (χ1) is 5.40. The van der Waals surface area contributed by atoms with Crippen molar-refractivity contribution >= 4 is 11.8 Å². The van der Waals surface area contributed by atoms with Crippen LogP contribution in [0.3, 0.4) is 0 Å². The van der Waals surface area contributed by atoms with E-state index in [4.69, 9.17) is 5.84 Å². The molecule has 0 atom stereocenters. The van der Waals surface area contributed by atoms with E-state index in [1.54, 1.807) is 0 Å². The van der Waals surface area contributed by atoms with Crippen molar-refractivity contribution in [1.29, 1.82) is 0 Å². The summed E-state index contributed by atoms with van der Waals surface area (Å²) in [6, 6.07) is 0. The Morgan fingerprint density at radius 2 is 2.45 bits per heavy atom. The number of nitrogens with two attached hydrogens (primary N) is 1. The molecule has 0 spiro atoms. The summed E-state index contributed by atoms with van der Waals surface area (Å²) in [5.41, 5.74) is 3.62. The SMILES string of the molecule is NNc1nc2c([nH]1)CCCN2. The fourth-order valence-electron chi connectivity index (χ4n) is 1.28. The van der Waals surface area contributed by atoms with E-state index in [-0.39, 0.29) is 0 Å². The maximum atomic E-state index is 5.19. The van der Waals surface area contributed by atoms with Crippen LogP contribution >= 0.6 is 0 Å². The number of anilines is 2. The number of hydrogen-bond donors (Lipinski definition) is 4. The highest BCUT2D eigenvalue weighted by molar-refractivity contribution is 5.48. The lowest BCUT2D eigenvalue weighted by Gasteiger charge is -2.10. The zero-order valence-corrected chi connectivity index (χ0v) is 6.15. The summed E-state index contributed by atoms with van der Waals surface area (Å²) in [5.74, 6) is 6.75. The standard InChI is InChI=1S/C6H11N5/c7-11-6-9-4-2-1-3-8-5(4)10-6/h8H,1-3,7H2,(H2,9,10,11). The van der Waals surface area contributed by atoms with E-state index in [1.807, 2.05) is 0 Å². The molecule has 0 aliphatic carbocycles. The first-order valence-electron chi connectivity index (χ1n) is 3.69. The van der Waals surface area contributed by atoms with E-state index in [9.17, 15) is 0 Å². The minimum atomic E-state index is 0.629. The van der Waals surface area contributed by atoms with E-state index in [0.717, 1.165) is 30.9 Å². The largest absolute Gasteiger partial charge is 0.368 e. The Morgan fingerprint density at radius 3 is 3.18 bits per heavy atom. The van der Waals surface area contributed by atoms with Crippen molar-refractivity contribution in [2.24, 2.45) is 5.84 Å². The Morgan fingerprint density at radius 1 is 1.55 bits per heavy atom. The van der Waals surface area contributed by atoms with Gasteiger partial charge in [-0.05, 0) is 12.8 Å². The smallest absolute Gasteiger partial charge is 0.216 e. The maximum Gasteiger partial charge on any atom is 0.216 e. The molecule has 1 aromatic heterocycles. The van der Waals surface area contributed by atoms with Crippen LogP contribution in [0.4, 0.5) is 11.8 Å². The van der Waals surface area contributed by atoms with Gasteiger partial charge in [0.2, 0.25) is 5.95 Å². The van der Waals surface area contributed by atoms with Gasteiger partial charge < -0.3 is 10.3 Å². The van der Waals surface area contributed by atoms with Gasteiger partial charge in [-0.15, -0.1) is 0 Å². The Balaban J connectivity index is 2.32. The number of fused-ring (bicyclic) bond motifs is 1. The lowest BCUT2D eigenvalue weighted by molar-refractivity contribution is 0.808. The van der Waals surface area contributed by atoms with Gasteiger partial charge >= 0.3 is 0 Å². The van der Waals surface area contributed by atoms with Gasteiger partial charge in [-0.3, -0.25) is 5.43 Å². The van der Waals surface area contributed by atoms with Crippen LogP contribution in [0, 0.1) is 0 Å². The van der Waals surface area contributed by atoms with E-state index >= 15 is 0 Å². The van der Waals surface area contributed by atoms with Crippen LogP contribution in [-0.2, 0) is 6.42 Å². The summed E-state index contributed by atoms with van der Waals surface area (Å²) < 4.78 is 0. The minimum Gasteiger partial charge on any atom is -0.368 e. The van der Waals surface area contributed by atoms with Gasteiger partial charge in [0.1, 0.15) is 5.82 Å². The van der Waals surface area contributed by atoms with Gasteiger partial charge in [-0.1, -0.05) is 0 Å². The topological polar surface area (TPSA) is 78.8 Å². The molecule has 2 rings (SSSR count). The highest BCUT2D eigenvalue weighted by Crippen LogP contribution is 2.19. The molecule has 1 aromatic rings. The number of nitrogens with zero attached hydrogens (tertiary/aromatic N) is 1. The van der Waals surface area contributed by atoms with Crippen molar-refractivity contribution in [1.82, 2.24) is 9.97 Å². The Hall–Kier alpha value is -1.23. The van der Waals surface area contributed by atoms with Gasteiger partial charge in [0.25, 0.3) is 0 Å². The second-order valence-corrected chi connectivity index (χ2v) is 2.59. The quantitative estimate of drug-likeness (QED) is 0.339. The molecule has 1 aliphatic rings. The molecule has 0 radical (unpaired) electrons. The van der Waals surface area contributed by atoms with Crippen molar-refractivity contribution < 1.29 is 0 Å². The number of aryl methyl sites for hydroxylation is 1. The number of H-pyrrole nitrogens is 1. The highest BCUT2D eigenvalue weighted by atomic mass is 15.3. The molecule has 5 heteroatoms. The number of hydrazine groups is 1. The molecule has 0 aromatic carbocycles. The molecular weight excluding hydrogens is 142 g/mol. The molecule has 0 saturated heterocycles. The average molecular weight is 153 g/mol. The number of rotatable bonds is 1. The minimum absolute atomic E-state index is 0.629. The molecule has 60 valence electrons. The predicted molar refractivity (Wildman–Crippen MR) is 43.2 cm³/mol. The first-order valence-corrected chi connectivity index (χ1v) is 3.69. The lowest BCUT2D eigenvalue weighted by atomic mass is 10.2. The number of nitrogens with one attached hydrogen (secondary N) is 3. The van der Waals surface area contributed by atoms with Crippen LogP contribution in [-0.4, -0.2) is 16.5 Å². The van der Waals surface area contributed by atoms with Crippen LogP contribution in [0.2, 0.25) is 0 Å². The monoisotopic (exact) mass is 153 g/mol. The summed E-state index contributed by atoms with van der Waals surface area (Å²) >= 11 is 0. The molecule has 0 bridgehead atoms. The number of aromatic nitrogens is 2. The zero-order chi connectivity index (χ0) is 7.68. The van der Waals surface area contributed by atoms with Crippen molar-refractivity contribution in [2.75, 3.05) is 17.3 Å². The fourth-order valence-corrected chi connectivity index (χ4v) is 1.28. The highest BCUT2D eigenvalue weighted by Gasteiger charge is 2.12. The summed E-state index contributed by atoms with van der Waals surface area (Å²) in [4.78, 5) is 7.24. The van der Waals surface area contributed by atoms with Crippen molar-refractivity contribution in [3.05, 3.63) is 5.69 Å². The Bertz CT molecular complexity index is 230. The number of nitrogen functional groups attached to an aromatic ring is 1. The molecule has 0 unspecified atom stereocenters. The summed E-state index contributed by atoms with van der Waals surface area (Å²) in [5, 5.41) is 3.18. The first kappa shape index (κ1) is 6.48. The van der Waals surface area contributed by atoms with Gasteiger partial charge in [0.15, 0.2) is 0 Å². The van der Waals surface area contributed by atoms with Gasteiger partial charge in [-0.25, -0.2) is 5.84 Å². The molecule has 5 N–H and O–H groups in total. The molecule has 11 heavy (non-hydrogen) atoms. The number of hydrogen-bond acceptors (Lipinski definition) is 4. The Kier molecular flexibility index (Phi) is 1.43. The molecule has 1 aliphatic heterocycles. The van der Waals surface area contributed by atoms with Crippen molar-refractivity contribution in [2.45, 2.75) is 12.8 Å². The Labute approximate surface area is 64.4 Å². The molecule has 0 fully saturated rings. The fraction of sp³-hybridized carbons (Fsp3) is 0.500. The van der Waals surface area contributed by atoms with E-state index < -0.39 is 0 Å². The van der Waals surface area contributed by atoms with E-state index in [0.29, 0.717) is 5.95 Å². The van der Waals surface area contributed by atoms with Crippen LogP contribution in [0.15, 0.2) is 0 Å². The van der Waals surface area contributed by atoms with Gasteiger partial charge in [0, 0.05) is 6.54 Å². The molecule has 5 nitrogen and oxygen atoms in total. The summed E-state index contributed by atoms with van der Waals surface area (Å²) in [6.07, 6.45) is 2.20. The average Bonchev–Trinajstić information content (AvgIpc) is 2.46. The predicted octanol–water partition coefficient (Wildman–Crippen LogP) is 0.0534. The third-order valence-corrected chi connectivity index (χ3v) is 1.81. The van der Waals surface area contributed by atoms with E-state index in [2.05, 4.69) is 20.7 Å². The molecular formula is C6H11N5. The van der Waals surface area contributed by atoms with Crippen molar-refractivity contribution in [3.63, 3.8) is 0 Å². The van der Waals surface area contributed by atoms with Crippen LogP contribution in [0.1, 0.15) is 12.1 Å². The normalized spacial score (nSPS) is 15.4. The number of aromatic amines is 1. The van der Waals surface area contributed by atoms with E-state index in [1.165, 1.54) is 0 Å². The molecule has 0 amide bonds. The third kappa shape index (κ3) is 1.03. The van der Waals surface area contributed by atoms with Crippen molar-refractivity contribution in [3.8, 4) is 0 Å².